The van der Waals surface area contributed by atoms with Gasteiger partial charge in [0, 0.05) is 37.7 Å². The SMILES string of the molecule is CC(=O)Oc1ccc2c3c1OC1C(O)C=CC4C(=C2)N(C)CCC341. The summed E-state index contributed by atoms with van der Waals surface area (Å²) in [7, 11) is 2.11. The van der Waals surface area contributed by atoms with Crippen LogP contribution in [0.1, 0.15) is 24.5 Å². The first-order valence-corrected chi connectivity index (χ1v) is 8.34. The zero-order valence-corrected chi connectivity index (χ0v) is 13.7. The zero-order valence-electron chi connectivity index (χ0n) is 13.7. The van der Waals surface area contributed by atoms with E-state index in [2.05, 4.69) is 24.1 Å². The summed E-state index contributed by atoms with van der Waals surface area (Å²) in [6.07, 6.45) is 6.06. The third kappa shape index (κ3) is 1.51. The van der Waals surface area contributed by atoms with E-state index < -0.39 is 6.10 Å². The number of nitrogens with zero attached hydrogens (tertiary/aromatic N) is 1. The van der Waals surface area contributed by atoms with E-state index in [4.69, 9.17) is 9.47 Å². The van der Waals surface area contributed by atoms with Crippen LogP contribution in [0.5, 0.6) is 11.5 Å². The molecule has 0 aromatic heterocycles. The third-order valence-corrected chi connectivity index (χ3v) is 5.92. The van der Waals surface area contributed by atoms with Gasteiger partial charge in [-0.1, -0.05) is 18.2 Å². The number of allylic oxidation sites excluding steroid dienone is 1. The maximum atomic E-state index is 11.5. The van der Waals surface area contributed by atoms with E-state index in [0.717, 1.165) is 24.1 Å². The van der Waals surface area contributed by atoms with Crippen LogP contribution in [0.4, 0.5) is 0 Å². The van der Waals surface area contributed by atoms with Crippen LogP contribution in [-0.2, 0) is 10.2 Å². The van der Waals surface area contributed by atoms with E-state index in [9.17, 15) is 9.90 Å². The monoisotopic (exact) mass is 325 g/mol. The van der Waals surface area contributed by atoms with Gasteiger partial charge in [0.2, 0.25) is 0 Å². The van der Waals surface area contributed by atoms with Crippen LogP contribution in [0.25, 0.3) is 6.08 Å². The van der Waals surface area contributed by atoms with Gasteiger partial charge in [0.05, 0.1) is 5.41 Å². The highest BCUT2D eigenvalue weighted by molar-refractivity contribution is 5.77. The number of esters is 1. The van der Waals surface area contributed by atoms with Crippen molar-refractivity contribution in [2.24, 2.45) is 5.92 Å². The molecule has 2 aliphatic heterocycles. The Hall–Kier alpha value is -2.27. The van der Waals surface area contributed by atoms with Gasteiger partial charge in [-0.15, -0.1) is 0 Å². The molecule has 24 heavy (non-hydrogen) atoms. The number of carbonyl (C=O) groups excluding carboxylic acids is 1. The van der Waals surface area contributed by atoms with Crippen LogP contribution in [0.3, 0.4) is 0 Å². The molecule has 1 spiro atoms. The van der Waals surface area contributed by atoms with Gasteiger partial charge in [-0.25, -0.2) is 0 Å². The van der Waals surface area contributed by atoms with Crippen molar-refractivity contribution in [3.63, 3.8) is 0 Å². The second kappa shape index (κ2) is 4.42. The van der Waals surface area contributed by atoms with Crippen LogP contribution >= 0.6 is 0 Å². The molecule has 4 unspecified atom stereocenters. The molecule has 1 aromatic rings. The molecule has 2 aliphatic carbocycles. The summed E-state index contributed by atoms with van der Waals surface area (Å²) in [5.74, 6) is 0.894. The topological polar surface area (TPSA) is 59.0 Å². The molecule has 2 heterocycles. The lowest BCUT2D eigenvalue weighted by Crippen LogP contribution is -2.58. The van der Waals surface area contributed by atoms with E-state index in [0.29, 0.717) is 11.5 Å². The Labute approximate surface area is 140 Å². The number of likely N-dealkylation sites (tertiary alicyclic amines) is 1. The Bertz CT molecular complexity index is 827. The second-order valence-electron chi connectivity index (χ2n) is 7.12. The van der Waals surface area contributed by atoms with Gasteiger partial charge in [-0.2, -0.15) is 0 Å². The van der Waals surface area contributed by atoms with Crippen molar-refractivity contribution in [1.82, 2.24) is 4.90 Å². The number of carbonyl (C=O) groups is 1. The molecule has 1 N–H and O–H groups in total. The summed E-state index contributed by atoms with van der Waals surface area (Å²) < 4.78 is 11.6. The van der Waals surface area contributed by atoms with Gasteiger partial charge in [0.15, 0.2) is 11.5 Å². The fourth-order valence-electron chi connectivity index (χ4n) is 4.97. The number of aliphatic hydroxyl groups excluding tert-OH is 1. The molecule has 1 fully saturated rings. The van der Waals surface area contributed by atoms with Crippen molar-refractivity contribution >= 4 is 12.0 Å². The van der Waals surface area contributed by atoms with Crippen LogP contribution < -0.4 is 9.47 Å². The van der Waals surface area contributed by atoms with Gasteiger partial charge < -0.3 is 19.5 Å². The molecule has 1 aromatic carbocycles. The summed E-state index contributed by atoms with van der Waals surface area (Å²) in [5, 5.41) is 10.6. The van der Waals surface area contributed by atoms with Gasteiger partial charge >= 0.3 is 5.97 Å². The largest absolute Gasteiger partial charge is 0.482 e. The highest BCUT2D eigenvalue weighted by Gasteiger charge is 2.62. The summed E-state index contributed by atoms with van der Waals surface area (Å²) in [6.45, 7) is 2.30. The van der Waals surface area contributed by atoms with Gasteiger partial charge in [0.1, 0.15) is 12.2 Å². The van der Waals surface area contributed by atoms with Crippen molar-refractivity contribution in [3.05, 3.63) is 41.1 Å². The molecule has 0 saturated carbocycles. The molecule has 4 aliphatic rings. The Morgan fingerprint density at radius 1 is 1.42 bits per heavy atom. The Morgan fingerprint density at radius 2 is 2.25 bits per heavy atom. The van der Waals surface area contributed by atoms with E-state index in [1.54, 1.807) is 6.07 Å². The maximum Gasteiger partial charge on any atom is 0.308 e. The number of ether oxygens (including phenoxy) is 2. The molecule has 5 heteroatoms. The molecule has 2 bridgehead atoms. The standard InChI is InChI=1S/C19H19NO4/c1-10(21)23-15-6-3-11-9-13-12-4-5-14(22)18-19(12,7-8-20(13)2)16(11)17(15)24-18/h3-6,9,12,14,18,22H,7-8H2,1-2H3. The minimum Gasteiger partial charge on any atom is -0.482 e. The van der Waals surface area contributed by atoms with Crippen molar-refractivity contribution in [2.45, 2.75) is 31.0 Å². The minimum absolute atomic E-state index is 0.186. The van der Waals surface area contributed by atoms with E-state index in [1.165, 1.54) is 12.6 Å². The Morgan fingerprint density at radius 3 is 3.04 bits per heavy atom. The average Bonchev–Trinajstić information content (AvgIpc) is 2.89. The maximum absolute atomic E-state index is 11.5. The quantitative estimate of drug-likeness (QED) is 0.485. The first kappa shape index (κ1) is 14.1. The first-order chi connectivity index (χ1) is 11.5. The fourth-order valence-corrected chi connectivity index (χ4v) is 4.97. The molecule has 124 valence electrons. The van der Waals surface area contributed by atoms with Gasteiger partial charge in [-0.05, 0) is 24.1 Å². The third-order valence-electron chi connectivity index (χ3n) is 5.92. The number of aliphatic hydroxyl groups is 1. The van der Waals surface area contributed by atoms with Crippen LogP contribution in [0.2, 0.25) is 0 Å². The van der Waals surface area contributed by atoms with Gasteiger partial charge in [0.25, 0.3) is 0 Å². The Balaban J connectivity index is 1.81. The lowest BCUT2D eigenvalue weighted by atomic mass is 9.56. The lowest BCUT2D eigenvalue weighted by molar-refractivity contribution is -0.132. The molecule has 0 radical (unpaired) electrons. The zero-order chi connectivity index (χ0) is 16.6. The van der Waals surface area contributed by atoms with Gasteiger partial charge in [-0.3, -0.25) is 4.79 Å². The molecule has 1 saturated heterocycles. The molecule has 4 atom stereocenters. The van der Waals surface area contributed by atoms with Crippen LogP contribution in [-0.4, -0.2) is 41.8 Å². The summed E-state index contributed by atoms with van der Waals surface area (Å²) >= 11 is 0. The number of hydrogen-bond acceptors (Lipinski definition) is 5. The molecule has 5 rings (SSSR count). The first-order valence-electron chi connectivity index (χ1n) is 8.34. The summed E-state index contributed by atoms with van der Waals surface area (Å²) in [5.41, 5.74) is 3.18. The predicted octanol–water partition coefficient (Wildman–Crippen LogP) is 1.85. The second-order valence-corrected chi connectivity index (χ2v) is 7.12. The van der Waals surface area contributed by atoms with Crippen molar-refractivity contribution < 1.29 is 19.4 Å². The number of hydrogen-bond donors (Lipinski definition) is 1. The van der Waals surface area contributed by atoms with E-state index in [-0.39, 0.29) is 23.4 Å². The highest BCUT2D eigenvalue weighted by Crippen LogP contribution is 2.62. The van der Waals surface area contributed by atoms with Crippen molar-refractivity contribution in [1.29, 1.82) is 0 Å². The van der Waals surface area contributed by atoms with Crippen LogP contribution in [0.15, 0.2) is 30.0 Å². The average molecular weight is 325 g/mol. The lowest BCUT2D eigenvalue weighted by Gasteiger charge is -2.53. The fraction of sp³-hybridized carbons (Fsp3) is 0.421. The van der Waals surface area contributed by atoms with Crippen molar-refractivity contribution in [2.75, 3.05) is 13.6 Å². The van der Waals surface area contributed by atoms with Crippen molar-refractivity contribution in [3.8, 4) is 11.5 Å². The predicted molar refractivity (Wildman–Crippen MR) is 87.7 cm³/mol. The van der Waals surface area contributed by atoms with E-state index >= 15 is 0 Å². The summed E-state index contributed by atoms with van der Waals surface area (Å²) in [4.78, 5) is 13.7. The highest BCUT2D eigenvalue weighted by atomic mass is 16.6. The molecule has 5 nitrogen and oxygen atoms in total. The number of piperidine rings is 1. The number of benzene rings is 1. The Kier molecular flexibility index (Phi) is 2.60. The molecular formula is C19H19NO4. The number of rotatable bonds is 1. The molecular weight excluding hydrogens is 306 g/mol. The summed E-state index contributed by atoms with van der Waals surface area (Å²) in [6, 6.07) is 3.78. The minimum atomic E-state index is -0.658. The van der Waals surface area contributed by atoms with Crippen LogP contribution in [0, 0.1) is 5.92 Å². The van der Waals surface area contributed by atoms with E-state index in [1.807, 2.05) is 12.1 Å². The smallest absolute Gasteiger partial charge is 0.308 e. The molecule has 0 amide bonds. The normalized spacial score (nSPS) is 34.4.